The second kappa shape index (κ2) is 24.8. The van der Waals surface area contributed by atoms with Crippen LogP contribution in [0.5, 0.6) is 0 Å². The van der Waals surface area contributed by atoms with Gasteiger partial charge in [-0.3, -0.25) is 0 Å². The quantitative estimate of drug-likeness (QED) is 0.255. The lowest BCUT2D eigenvalue weighted by Gasteiger charge is -2.05. The molecule has 0 aliphatic rings. The second-order valence-electron chi connectivity index (χ2n) is 7.49. The number of aliphatic hydroxyl groups excluding tert-OH is 4. The first-order valence-corrected chi connectivity index (χ1v) is 11.2. The molecule has 0 saturated carbocycles. The molecular weight excluding hydrogens is 328 g/mol. The Morgan fingerprint density at radius 3 is 1.00 bits per heavy atom. The van der Waals surface area contributed by atoms with E-state index in [2.05, 4.69) is 13.8 Å². The predicted octanol–water partition coefficient (Wildman–Crippen LogP) is 4.96. The van der Waals surface area contributed by atoms with Gasteiger partial charge in [-0.05, 0) is 12.8 Å². The van der Waals surface area contributed by atoms with Crippen LogP contribution in [0, 0.1) is 0 Å². The summed E-state index contributed by atoms with van der Waals surface area (Å²) in [5.74, 6) is 0. The van der Waals surface area contributed by atoms with Crippen LogP contribution < -0.4 is 0 Å². The smallest absolute Gasteiger partial charge is 0.0770 e. The Kier molecular flexibility index (Phi) is 26.8. The monoisotopic (exact) mass is 376 g/mol. The predicted molar refractivity (Wildman–Crippen MR) is 111 cm³/mol. The third-order valence-electron chi connectivity index (χ3n) is 4.70. The van der Waals surface area contributed by atoms with Crippen molar-refractivity contribution in [1.29, 1.82) is 0 Å². The molecule has 4 nitrogen and oxygen atoms in total. The number of hydrogen-bond donors (Lipinski definition) is 4. The van der Waals surface area contributed by atoms with Gasteiger partial charge >= 0.3 is 0 Å². The lowest BCUT2D eigenvalue weighted by molar-refractivity contribution is 0.0859. The van der Waals surface area contributed by atoms with Crippen LogP contribution in [-0.2, 0) is 0 Å². The number of aliphatic hydroxyl groups is 4. The van der Waals surface area contributed by atoms with E-state index in [1.54, 1.807) is 0 Å². The minimum atomic E-state index is -0.490. The Labute approximate surface area is 163 Å². The van der Waals surface area contributed by atoms with Crippen LogP contribution in [0.4, 0.5) is 0 Å². The van der Waals surface area contributed by atoms with Gasteiger partial charge in [-0.2, -0.15) is 0 Å². The molecule has 2 atom stereocenters. The van der Waals surface area contributed by atoms with Crippen LogP contribution in [0.3, 0.4) is 0 Å². The van der Waals surface area contributed by atoms with Crippen molar-refractivity contribution in [2.75, 3.05) is 13.2 Å². The fourth-order valence-corrected chi connectivity index (χ4v) is 2.86. The molecule has 160 valence electrons. The van der Waals surface area contributed by atoms with Crippen LogP contribution >= 0.6 is 0 Å². The SMILES string of the molecule is CCCCCCCCCC(O)CO.CCCCCCCCCC(O)CO. The van der Waals surface area contributed by atoms with Crippen LogP contribution in [0.15, 0.2) is 0 Å². The summed E-state index contributed by atoms with van der Waals surface area (Å²) < 4.78 is 0. The minimum Gasteiger partial charge on any atom is -0.394 e. The maximum atomic E-state index is 9.05. The molecule has 0 aromatic rings. The average molecular weight is 377 g/mol. The zero-order valence-corrected chi connectivity index (χ0v) is 17.7. The molecule has 0 bridgehead atoms. The van der Waals surface area contributed by atoms with Gasteiger partial charge in [-0.15, -0.1) is 0 Å². The van der Waals surface area contributed by atoms with Crippen molar-refractivity contribution in [3.05, 3.63) is 0 Å². The molecule has 0 aliphatic carbocycles. The molecular formula is C22H48O4. The van der Waals surface area contributed by atoms with E-state index in [1.165, 1.54) is 77.0 Å². The molecule has 0 aromatic heterocycles. The van der Waals surface area contributed by atoms with E-state index in [9.17, 15) is 0 Å². The van der Waals surface area contributed by atoms with E-state index in [1.807, 2.05) is 0 Å². The Morgan fingerprint density at radius 2 is 0.731 bits per heavy atom. The lowest BCUT2D eigenvalue weighted by Crippen LogP contribution is -2.10. The molecule has 0 aromatic carbocycles. The van der Waals surface area contributed by atoms with Gasteiger partial charge in [0.05, 0.1) is 25.4 Å². The van der Waals surface area contributed by atoms with Crippen LogP contribution in [0.25, 0.3) is 0 Å². The van der Waals surface area contributed by atoms with Crippen molar-refractivity contribution in [1.82, 2.24) is 0 Å². The first-order chi connectivity index (χ1) is 12.6. The number of rotatable bonds is 18. The first-order valence-electron chi connectivity index (χ1n) is 11.2. The van der Waals surface area contributed by atoms with Gasteiger partial charge in [0.25, 0.3) is 0 Å². The van der Waals surface area contributed by atoms with Crippen molar-refractivity contribution in [2.45, 2.75) is 129 Å². The number of unbranched alkanes of at least 4 members (excludes halogenated alkanes) is 12. The summed E-state index contributed by atoms with van der Waals surface area (Å²) in [6.07, 6.45) is 18.2. The summed E-state index contributed by atoms with van der Waals surface area (Å²) >= 11 is 0. The summed E-state index contributed by atoms with van der Waals surface area (Å²) in [6, 6.07) is 0. The van der Waals surface area contributed by atoms with Gasteiger partial charge in [-0.1, -0.05) is 104 Å². The maximum absolute atomic E-state index is 9.05. The number of hydrogen-bond acceptors (Lipinski definition) is 4. The summed E-state index contributed by atoms with van der Waals surface area (Å²) in [6.45, 7) is 4.26. The molecule has 0 spiro atoms. The van der Waals surface area contributed by atoms with Gasteiger partial charge in [0.2, 0.25) is 0 Å². The fourth-order valence-electron chi connectivity index (χ4n) is 2.86. The van der Waals surface area contributed by atoms with Crippen molar-refractivity contribution >= 4 is 0 Å². The summed E-state index contributed by atoms with van der Waals surface area (Å²) in [7, 11) is 0. The van der Waals surface area contributed by atoms with E-state index in [0.717, 1.165) is 25.7 Å². The molecule has 26 heavy (non-hydrogen) atoms. The lowest BCUT2D eigenvalue weighted by atomic mass is 10.1. The van der Waals surface area contributed by atoms with Gasteiger partial charge in [0, 0.05) is 0 Å². The molecule has 0 saturated heterocycles. The molecule has 0 aliphatic heterocycles. The molecule has 0 heterocycles. The molecule has 0 radical (unpaired) electrons. The van der Waals surface area contributed by atoms with E-state index in [-0.39, 0.29) is 13.2 Å². The third-order valence-corrected chi connectivity index (χ3v) is 4.70. The minimum absolute atomic E-state index is 0.0875. The molecule has 0 rings (SSSR count). The highest BCUT2D eigenvalue weighted by atomic mass is 16.3. The van der Waals surface area contributed by atoms with Gasteiger partial charge in [0.15, 0.2) is 0 Å². The zero-order chi connectivity index (χ0) is 19.9. The zero-order valence-electron chi connectivity index (χ0n) is 17.7. The first kappa shape index (κ1) is 28.1. The van der Waals surface area contributed by atoms with E-state index in [0.29, 0.717) is 0 Å². The van der Waals surface area contributed by atoms with Gasteiger partial charge in [0.1, 0.15) is 0 Å². The van der Waals surface area contributed by atoms with Crippen LogP contribution in [-0.4, -0.2) is 45.8 Å². The largest absolute Gasteiger partial charge is 0.394 e. The standard InChI is InChI=1S/2C11H24O2/c2*1-2-3-4-5-6-7-8-9-11(13)10-12/h2*11-13H,2-10H2,1H3. The van der Waals surface area contributed by atoms with Crippen LogP contribution in [0.1, 0.15) is 117 Å². The third kappa shape index (κ3) is 26.1. The summed E-state index contributed by atoms with van der Waals surface area (Å²) in [5, 5.41) is 35.2. The Morgan fingerprint density at radius 1 is 0.462 bits per heavy atom. The van der Waals surface area contributed by atoms with Crippen molar-refractivity contribution in [3.63, 3.8) is 0 Å². The fraction of sp³-hybridized carbons (Fsp3) is 1.00. The maximum Gasteiger partial charge on any atom is 0.0770 e. The highest BCUT2D eigenvalue weighted by Gasteiger charge is 2.01. The molecule has 2 unspecified atom stereocenters. The Balaban J connectivity index is 0. The van der Waals surface area contributed by atoms with E-state index >= 15 is 0 Å². The molecule has 4 heteroatoms. The topological polar surface area (TPSA) is 80.9 Å². The van der Waals surface area contributed by atoms with Crippen molar-refractivity contribution < 1.29 is 20.4 Å². The molecule has 0 amide bonds. The van der Waals surface area contributed by atoms with E-state index < -0.39 is 12.2 Å². The summed E-state index contributed by atoms with van der Waals surface area (Å²) in [4.78, 5) is 0. The Hall–Kier alpha value is -0.160. The van der Waals surface area contributed by atoms with Crippen molar-refractivity contribution in [2.24, 2.45) is 0 Å². The van der Waals surface area contributed by atoms with Crippen molar-refractivity contribution in [3.8, 4) is 0 Å². The molecule has 0 fully saturated rings. The highest BCUT2D eigenvalue weighted by molar-refractivity contribution is 4.54. The second-order valence-corrected chi connectivity index (χ2v) is 7.49. The normalized spacial score (nSPS) is 13.2. The summed E-state index contributed by atoms with van der Waals surface area (Å²) in [5.41, 5.74) is 0. The Bertz CT molecular complexity index is 212. The van der Waals surface area contributed by atoms with Gasteiger partial charge < -0.3 is 20.4 Å². The average Bonchev–Trinajstić information content (AvgIpc) is 2.66. The van der Waals surface area contributed by atoms with Gasteiger partial charge in [-0.25, -0.2) is 0 Å². The van der Waals surface area contributed by atoms with Crippen LogP contribution in [0.2, 0.25) is 0 Å². The highest BCUT2D eigenvalue weighted by Crippen LogP contribution is 2.10. The van der Waals surface area contributed by atoms with E-state index in [4.69, 9.17) is 20.4 Å². The molecule has 4 N–H and O–H groups in total.